The standard InChI is InChI=1S/C18H23N5O/c1-4-17(24)23-10-6-8-15(23)14-7-5-9-16(21-14)22-18-19-12(2)11-13(3)20-18/h5,7,9,11,15H,4,6,8,10H2,1-3H3,(H,19,20,21,22)/t15-/m0/s1. The molecule has 1 N–H and O–H groups in total. The molecular weight excluding hydrogens is 302 g/mol. The molecule has 6 heteroatoms. The molecule has 1 aliphatic rings. The van der Waals surface area contributed by atoms with Crippen LogP contribution in [0.15, 0.2) is 24.3 Å². The molecule has 1 atom stereocenters. The lowest BCUT2D eigenvalue weighted by Crippen LogP contribution is -2.30. The monoisotopic (exact) mass is 325 g/mol. The van der Waals surface area contributed by atoms with Gasteiger partial charge in [0.05, 0.1) is 11.7 Å². The zero-order chi connectivity index (χ0) is 17.1. The van der Waals surface area contributed by atoms with Crippen molar-refractivity contribution in [2.24, 2.45) is 0 Å². The van der Waals surface area contributed by atoms with Crippen LogP contribution in [0.2, 0.25) is 0 Å². The van der Waals surface area contributed by atoms with Gasteiger partial charge in [-0.15, -0.1) is 0 Å². The van der Waals surface area contributed by atoms with Gasteiger partial charge in [-0.2, -0.15) is 0 Å². The first-order chi connectivity index (χ1) is 11.6. The van der Waals surface area contributed by atoms with E-state index in [1.807, 2.05) is 49.9 Å². The van der Waals surface area contributed by atoms with E-state index >= 15 is 0 Å². The maximum absolute atomic E-state index is 12.1. The smallest absolute Gasteiger partial charge is 0.228 e. The first-order valence-corrected chi connectivity index (χ1v) is 8.42. The van der Waals surface area contributed by atoms with E-state index in [9.17, 15) is 4.79 Å². The van der Waals surface area contributed by atoms with Gasteiger partial charge in [0.2, 0.25) is 11.9 Å². The third kappa shape index (κ3) is 3.53. The Morgan fingerprint density at radius 3 is 2.71 bits per heavy atom. The van der Waals surface area contributed by atoms with Crippen molar-refractivity contribution in [3.05, 3.63) is 41.3 Å². The number of hydrogen-bond acceptors (Lipinski definition) is 5. The van der Waals surface area contributed by atoms with Gasteiger partial charge in [0.25, 0.3) is 0 Å². The third-order valence-electron chi connectivity index (χ3n) is 4.21. The van der Waals surface area contributed by atoms with Gasteiger partial charge in [-0.3, -0.25) is 4.79 Å². The van der Waals surface area contributed by atoms with E-state index in [4.69, 9.17) is 4.98 Å². The number of nitrogens with zero attached hydrogens (tertiary/aromatic N) is 4. The fourth-order valence-corrected chi connectivity index (χ4v) is 3.18. The van der Waals surface area contributed by atoms with E-state index < -0.39 is 0 Å². The summed E-state index contributed by atoms with van der Waals surface area (Å²) in [6.45, 7) is 6.60. The second-order valence-electron chi connectivity index (χ2n) is 6.15. The zero-order valence-corrected chi connectivity index (χ0v) is 14.4. The number of nitrogens with one attached hydrogen (secondary N) is 1. The molecule has 3 heterocycles. The Kier molecular flexibility index (Phi) is 4.74. The van der Waals surface area contributed by atoms with Crippen molar-refractivity contribution in [1.82, 2.24) is 19.9 Å². The van der Waals surface area contributed by atoms with Crippen LogP contribution in [0, 0.1) is 13.8 Å². The molecule has 6 nitrogen and oxygen atoms in total. The van der Waals surface area contributed by atoms with Crippen molar-refractivity contribution in [1.29, 1.82) is 0 Å². The molecule has 24 heavy (non-hydrogen) atoms. The first kappa shape index (κ1) is 16.4. The van der Waals surface area contributed by atoms with Crippen LogP contribution in [-0.4, -0.2) is 32.3 Å². The Morgan fingerprint density at radius 2 is 2.00 bits per heavy atom. The van der Waals surface area contributed by atoms with Crippen molar-refractivity contribution < 1.29 is 4.79 Å². The number of anilines is 2. The number of rotatable bonds is 4. The van der Waals surface area contributed by atoms with Crippen molar-refractivity contribution in [3.8, 4) is 0 Å². The molecule has 2 aromatic rings. The predicted molar refractivity (Wildman–Crippen MR) is 93.0 cm³/mol. The molecule has 1 aliphatic heterocycles. The van der Waals surface area contributed by atoms with E-state index in [1.165, 1.54) is 0 Å². The largest absolute Gasteiger partial charge is 0.334 e. The van der Waals surface area contributed by atoms with Crippen LogP contribution in [0.25, 0.3) is 0 Å². The van der Waals surface area contributed by atoms with Gasteiger partial charge >= 0.3 is 0 Å². The Balaban J connectivity index is 1.82. The summed E-state index contributed by atoms with van der Waals surface area (Å²) < 4.78 is 0. The average Bonchev–Trinajstić information content (AvgIpc) is 3.03. The summed E-state index contributed by atoms with van der Waals surface area (Å²) in [6.07, 6.45) is 2.52. The molecule has 0 aromatic carbocycles. The molecule has 126 valence electrons. The fourth-order valence-electron chi connectivity index (χ4n) is 3.18. The number of aromatic nitrogens is 3. The van der Waals surface area contributed by atoms with Gasteiger partial charge in [-0.05, 0) is 44.9 Å². The molecule has 1 saturated heterocycles. The molecule has 0 bridgehead atoms. The number of hydrogen-bond donors (Lipinski definition) is 1. The number of aryl methyl sites for hydroxylation is 2. The third-order valence-corrected chi connectivity index (χ3v) is 4.21. The number of amides is 1. The number of pyridine rings is 1. The SMILES string of the molecule is CCC(=O)N1CCC[C@H]1c1cccc(Nc2nc(C)cc(C)n2)n1. The van der Waals surface area contributed by atoms with E-state index in [2.05, 4.69) is 15.3 Å². The lowest BCUT2D eigenvalue weighted by molar-refractivity contribution is -0.131. The van der Waals surface area contributed by atoms with Gasteiger partial charge in [0, 0.05) is 24.4 Å². The van der Waals surface area contributed by atoms with Crippen LogP contribution in [-0.2, 0) is 4.79 Å². The zero-order valence-electron chi connectivity index (χ0n) is 14.4. The second-order valence-corrected chi connectivity index (χ2v) is 6.15. The Labute approximate surface area is 142 Å². The minimum Gasteiger partial charge on any atom is -0.334 e. The van der Waals surface area contributed by atoms with Gasteiger partial charge in [-0.1, -0.05) is 13.0 Å². The van der Waals surface area contributed by atoms with Gasteiger partial charge in [0.15, 0.2) is 0 Å². The maximum atomic E-state index is 12.1. The number of likely N-dealkylation sites (tertiary alicyclic amines) is 1. The quantitative estimate of drug-likeness (QED) is 0.934. The Bertz CT molecular complexity index is 726. The predicted octanol–water partition coefficient (Wildman–Crippen LogP) is 3.31. The highest BCUT2D eigenvalue weighted by Gasteiger charge is 2.29. The average molecular weight is 325 g/mol. The van der Waals surface area contributed by atoms with Crippen LogP contribution >= 0.6 is 0 Å². The highest BCUT2D eigenvalue weighted by molar-refractivity contribution is 5.76. The minimum atomic E-state index is 0.0689. The molecule has 0 saturated carbocycles. The van der Waals surface area contributed by atoms with Gasteiger partial charge in [-0.25, -0.2) is 15.0 Å². The summed E-state index contributed by atoms with van der Waals surface area (Å²) in [4.78, 5) is 27.5. The lowest BCUT2D eigenvalue weighted by Gasteiger charge is -2.24. The summed E-state index contributed by atoms with van der Waals surface area (Å²) >= 11 is 0. The maximum Gasteiger partial charge on any atom is 0.228 e. The van der Waals surface area contributed by atoms with Crippen LogP contribution < -0.4 is 5.32 Å². The Hall–Kier alpha value is -2.50. The summed E-state index contributed by atoms with van der Waals surface area (Å²) in [7, 11) is 0. The molecular formula is C18H23N5O. The van der Waals surface area contributed by atoms with Gasteiger partial charge < -0.3 is 10.2 Å². The topological polar surface area (TPSA) is 71.0 Å². The second kappa shape index (κ2) is 6.95. The normalized spacial score (nSPS) is 17.1. The molecule has 0 radical (unpaired) electrons. The lowest BCUT2D eigenvalue weighted by atomic mass is 10.1. The molecule has 3 rings (SSSR count). The summed E-state index contributed by atoms with van der Waals surface area (Å²) in [5, 5.41) is 3.17. The number of carbonyl (C=O) groups is 1. The van der Waals surface area contributed by atoms with Crippen molar-refractivity contribution in [2.75, 3.05) is 11.9 Å². The fraction of sp³-hybridized carbons (Fsp3) is 0.444. The van der Waals surface area contributed by atoms with E-state index in [0.29, 0.717) is 18.2 Å². The van der Waals surface area contributed by atoms with E-state index in [-0.39, 0.29) is 11.9 Å². The van der Waals surface area contributed by atoms with Crippen LogP contribution in [0.4, 0.5) is 11.8 Å². The molecule has 0 aliphatic carbocycles. The molecule has 1 amide bonds. The van der Waals surface area contributed by atoms with E-state index in [1.54, 1.807) is 0 Å². The van der Waals surface area contributed by atoms with E-state index in [0.717, 1.165) is 36.5 Å². The summed E-state index contributed by atoms with van der Waals surface area (Å²) in [6, 6.07) is 7.84. The molecule has 0 spiro atoms. The highest BCUT2D eigenvalue weighted by Crippen LogP contribution is 2.32. The van der Waals surface area contributed by atoms with Crippen LogP contribution in [0.5, 0.6) is 0 Å². The minimum absolute atomic E-state index is 0.0689. The van der Waals surface area contributed by atoms with Crippen LogP contribution in [0.3, 0.4) is 0 Å². The van der Waals surface area contributed by atoms with Crippen molar-refractivity contribution >= 4 is 17.7 Å². The van der Waals surface area contributed by atoms with Crippen molar-refractivity contribution in [3.63, 3.8) is 0 Å². The molecule has 2 aromatic heterocycles. The molecule has 0 unspecified atom stereocenters. The molecule has 1 fully saturated rings. The van der Waals surface area contributed by atoms with Crippen LogP contribution in [0.1, 0.15) is 49.3 Å². The Morgan fingerprint density at radius 1 is 1.25 bits per heavy atom. The first-order valence-electron chi connectivity index (χ1n) is 8.42. The summed E-state index contributed by atoms with van der Waals surface area (Å²) in [5.74, 6) is 1.44. The van der Waals surface area contributed by atoms with Crippen molar-refractivity contribution in [2.45, 2.75) is 46.1 Å². The van der Waals surface area contributed by atoms with Gasteiger partial charge in [0.1, 0.15) is 5.82 Å². The highest BCUT2D eigenvalue weighted by atomic mass is 16.2. The summed E-state index contributed by atoms with van der Waals surface area (Å²) in [5.41, 5.74) is 2.75. The number of carbonyl (C=O) groups excluding carboxylic acids is 1.